The molecule has 13 heavy (non-hydrogen) atoms. The molecule has 0 aliphatic rings. The number of thiophene rings is 1. The summed E-state index contributed by atoms with van der Waals surface area (Å²) in [4.78, 5) is 12.1. The lowest BCUT2D eigenvalue weighted by molar-refractivity contribution is 0.0601. The van der Waals surface area contributed by atoms with E-state index in [1.165, 1.54) is 18.4 Å². The van der Waals surface area contributed by atoms with Gasteiger partial charge in [-0.05, 0) is 12.1 Å². The van der Waals surface area contributed by atoms with Gasteiger partial charge in [-0.2, -0.15) is 12.6 Å². The molecular formula is C9H10O2S2. The maximum Gasteiger partial charge on any atom is 0.338 e. The quantitative estimate of drug-likeness (QED) is 0.618. The standard InChI is InChI=1S/C9H10O2S2/c1-11-9(10)7-5-8(13-6-7)3-2-4-12/h2-3,5-6,12H,4H2,1H3. The number of rotatable bonds is 3. The number of hydrogen-bond donors (Lipinski definition) is 1. The fourth-order valence-corrected chi connectivity index (χ4v) is 1.74. The number of methoxy groups -OCH3 is 1. The van der Waals surface area contributed by atoms with Gasteiger partial charge in [0.1, 0.15) is 0 Å². The molecule has 2 nitrogen and oxygen atoms in total. The normalized spacial score (nSPS) is 10.6. The van der Waals surface area contributed by atoms with Crippen LogP contribution < -0.4 is 0 Å². The molecule has 0 radical (unpaired) electrons. The molecule has 0 unspecified atom stereocenters. The van der Waals surface area contributed by atoms with Gasteiger partial charge in [-0.3, -0.25) is 0 Å². The highest BCUT2D eigenvalue weighted by Crippen LogP contribution is 2.16. The minimum Gasteiger partial charge on any atom is -0.465 e. The SMILES string of the molecule is COC(=O)c1csc(C=CCS)c1. The molecule has 0 N–H and O–H groups in total. The van der Waals surface area contributed by atoms with Gasteiger partial charge < -0.3 is 4.74 Å². The third kappa shape index (κ3) is 2.90. The zero-order valence-electron chi connectivity index (χ0n) is 7.19. The molecule has 1 heterocycles. The average molecular weight is 214 g/mol. The molecule has 0 aromatic carbocycles. The Hall–Kier alpha value is -0.740. The van der Waals surface area contributed by atoms with Crippen LogP contribution in [0.2, 0.25) is 0 Å². The Labute approximate surface area is 86.6 Å². The van der Waals surface area contributed by atoms with Crippen LogP contribution in [-0.2, 0) is 4.74 Å². The monoisotopic (exact) mass is 214 g/mol. The van der Waals surface area contributed by atoms with E-state index >= 15 is 0 Å². The summed E-state index contributed by atoms with van der Waals surface area (Å²) in [6, 6.07) is 1.80. The first-order chi connectivity index (χ1) is 6.27. The molecule has 1 aromatic rings. The van der Waals surface area contributed by atoms with Crippen molar-refractivity contribution >= 4 is 36.0 Å². The lowest BCUT2D eigenvalue weighted by Crippen LogP contribution is -1.97. The van der Waals surface area contributed by atoms with Crippen molar-refractivity contribution in [1.82, 2.24) is 0 Å². The van der Waals surface area contributed by atoms with Crippen molar-refractivity contribution in [2.75, 3.05) is 12.9 Å². The predicted molar refractivity (Wildman–Crippen MR) is 58.5 cm³/mol. The third-order valence-corrected chi connectivity index (χ3v) is 2.54. The Morgan fingerprint density at radius 3 is 3.15 bits per heavy atom. The van der Waals surface area contributed by atoms with E-state index in [2.05, 4.69) is 17.4 Å². The molecule has 4 heteroatoms. The molecule has 0 bridgehead atoms. The van der Waals surface area contributed by atoms with Crippen LogP contribution in [0, 0.1) is 0 Å². The lowest BCUT2D eigenvalue weighted by Gasteiger charge is -1.91. The highest BCUT2D eigenvalue weighted by atomic mass is 32.1. The minimum atomic E-state index is -0.290. The third-order valence-electron chi connectivity index (χ3n) is 1.43. The van der Waals surface area contributed by atoms with Gasteiger partial charge in [-0.15, -0.1) is 11.3 Å². The number of thiol groups is 1. The van der Waals surface area contributed by atoms with Gasteiger partial charge >= 0.3 is 5.97 Å². The van der Waals surface area contributed by atoms with E-state index in [0.717, 1.165) is 4.88 Å². The number of carbonyl (C=O) groups is 1. The topological polar surface area (TPSA) is 26.3 Å². The van der Waals surface area contributed by atoms with Gasteiger partial charge in [0.25, 0.3) is 0 Å². The van der Waals surface area contributed by atoms with E-state index in [9.17, 15) is 4.79 Å². The van der Waals surface area contributed by atoms with Crippen LogP contribution in [0.25, 0.3) is 6.08 Å². The van der Waals surface area contributed by atoms with Gasteiger partial charge in [0.2, 0.25) is 0 Å². The largest absolute Gasteiger partial charge is 0.465 e. The Morgan fingerprint density at radius 2 is 2.54 bits per heavy atom. The zero-order valence-corrected chi connectivity index (χ0v) is 8.90. The van der Waals surface area contributed by atoms with E-state index in [-0.39, 0.29) is 5.97 Å². The second kappa shape index (κ2) is 5.09. The van der Waals surface area contributed by atoms with Crippen molar-refractivity contribution in [3.63, 3.8) is 0 Å². The number of carbonyl (C=O) groups excluding carboxylic acids is 1. The van der Waals surface area contributed by atoms with Crippen molar-refractivity contribution in [1.29, 1.82) is 0 Å². The van der Waals surface area contributed by atoms with E-state index in [1.54, 1.807) is 11.4 Å². The first kappa shape index (κ1) is 10.3. The summed E-state index contributed by atoms with van der Waals surface area (Å²) >= 11 is 5.55. The van der Waals surface area contributed by atoms with Gasteiger partial charge in [0, 0.05) is 16.0 Å². The van der Waals surface area contributed by atoms with Crippen LogP contribution in [0.5, 0.6) is 0 Å². The molecule has 0 saturated heterocycles. The first-order valence-corrected chi connectivity index (χ1v) is 5.23. The van der Waals surface area contributed by atoms with Gasteiger partial charge in [-0.1, -0.05) is 6.08 Å². The fourth-order valence-electron chi connectivity index (χ4n) is 0.834. The average Bonchev–Trinajstić information content (AvgIpc) is 2.62. The Bertz CT molecular complexity index is 315. The summed E-state index contributed by atoms with van der Waals surface area (Å²) in [5, 5.41) is 1.78. The highest BCUT2D eigenvalue weighted by Gasteiger charge is 2.06. The molecule has 0 saturated carbocycles. The first-order valence-electron chi connectivity index (χ1n) is 3.72. The number of esters is 1. The molecule has 0 aliphatic carbocycles. The Morgan fingerprint density at radius 1 is 1.77 bits per heavy atom. The van der Waals surface area contributed by atoms with Crippen molar-refractivity contribution in [2.45, 2.75) is 0 Å². The predicted octanol–water partition coefficient (Wildman–Crippen LogP) is 2.48. The summed E-state index contributed by atoms with van der Waals surface area (Å²) < 4.78 is 4.58. The molecule has 0 fully saturated rings. The molecule has 70 valence electrons. The molecule has 0 aliphatic heterocycles. The lowest BCUT2D eigenvalue weighted by atomic mass is 10.3. The van der Waals surface area contributed by atoms with Crippen molar-refractivity contribution < 1.29 is 9.53 Å². The fraction of sp³-hybridized carbons (Fsp3) is 0.222. The molecule has 1 aromatic heterocycles. The second-order valence-corrected chi connectivity index (χ2v) is 3.62. The summed E-state index contributed by atoms with van der Waals surface area (Å²) in [6.45, 7) is 0. The van der Waals surface area contributed by atoms with Crippen LogP contribution in [-0.4, -0.2) is 18.8 Å². The van der Waals surface area contributed by atoms with Crippen molar-refractivity contribution in [3.05, 3.63) is 28.0 Å². The molecule has 0 spiro atoms. The summed E-state index contributed by atoms with van der Waals surface area (Å²) in [6.07, 6.45) is 3.86. The van der Waals surface area contributed by atoms with E-state index in [4.69, 9.17) is 0 Å². The minimum absolute atomic E-state index is 0.290. The van der Waals surface area contributed by atoms with E-state index in [1.807, 2.05) is 12.2 Å². The van der Waals surface area contributed by atoms with E-state index < -0.39 is 0 Å². The molecular weight excluding hydrogens is 204 g/mol. The van der Waals surface area contributed by atoms with Crippen molar-refractivity contribution in [3.8, 4) is 0 Å². The van der Waals surface area contributed by atoms with Crippen LogP contribution in [0.1, 0.15) is 15.2 Å². The zero-order chi connectivity index (χ0) is 9.68. The van der Waals surface area contributed by atoms with Gasteiger partial charge in [0.05, 0.1) is 12.7 Å². The highest BCUT2D eigenvalue weighted by molar-refractivity contribution is 7.80. The van der Waals surface area contributed by atoms with Crippen LogP contribution in [0.15, 0.2) is 17.5 Å². The molecule has 1 rings (SSSR count). The van der Waals surface area contributed by atoms with Crippen LogP contribution >= 0.6 is 24.0 Å². The molecule has 0 amide bonds. The maximum atomic E-state index is 11.0. The van der Waals surface area contributed by atoms with Gasteiger partial charge in [-0.25, -0.2) is 4.79 Å². The summed E-state index contributed by atoms with van der Waals surface area (Å²) in [5.41, 5.74) is 0.603. The Kier molecular flexibility index (Phi) is 4.05. The maximum absolute atomic E-state index is 11.0. The summed E-state index contributed by atoms with van der Waals surface area (Å²) in [5.74, 6) is 0.410. The van der Waals surface area contributed by atoms with Crippen LogP contribution in [0.3, 0.4) is 0 Å². The van der Waals surface area contributed by atoms with Crippen LogP contribution in [0.4, 0.5) is 0 Å². The smallest absolute Gasteiger partial charge is 0.338 e. The number of hydrogen-bond acceptors (Lipinski definition) is 4. The van der Waals surface area contributed by atoms with Crippen molar-refractivity contribution in [2.24, 2.45) is 0 Å². The molecule has 0 atom stereocenters. The second-order valence-electron chi connectivity index (χ2n) is 2.31. The van der Waals surface area contributed by atoms with E-state index in [0.29, 0.717) is 11.3 Å². The summed E-state index contributed by atoms with van der Waals surface area (Å²) in [7, 11) is 1.38. The Balaban J connectivity index is 2.74. The number of ether oxygens (including phenoxy) is 1. The van der Waals surface area contributed by atoms with Gasteiger partial charge in [0.15, 0.2) is 0 Å².